The van der Waals surface area contributed by atoms with Crippen molar-refractivity contribution >= 4 is 23.5 Å². The molecule has 2 saturated carbocycles. The van der Waals surface area contributed by atoms with E-state index in [0.29, 0.717) is 35.5 Å². The number of aromatic nitrogens is 1. The highest BCUT2D eigenvalue weighted by Gasteiger charge is 2.31. The van der Waals surface area contributed by atoms with Gasteiger partial charge in [0.2, 0.25) is 5.91 Å². The lowest BCUT2D eigenvalue weighted by Crippen LogP contribution is -2.41. The first kappa shape index (κ1) is 29.3. The molecule has 0 spiro atoms. The first-order valence-electron chi connectivity index (χ1n) is 14.8. The average molecular weight is 542 g/mol. The van der Waals surface area contributed by atoms with E-state index in [-0.39, 0.29) is 17.9 Å². The third-order valence-electron chi connectivity index (χ3n) is 8.41. The van der Waals surface area contributed by atoms with E-state index in [0.717, 1.165) is 62.5 Å². The minimum absolute atomic E-state index is 0.0552. The molecule has 0 atom stereocenters. The molecule has 2 aliphatic rings. The van der Waals surface area contributed by atoms with Gasteiger partial charge >= 0.3 is 0 Å². The molecular weight excluding hydrogens is 498 g/mol. The van der Waals surface area contributed by atoms with E-state index in [1.807, 2.05) is 35.4 Å². The van der Waals surface area contributed by atoms with Crippen LogP contribution < -0.4 is 15.0 Å². The van der Waals surface area contributed by atoms with Crippen molar-refractivity contribution in [3.63, 3.8) is 0 Å². The number of carbonyl (C=O) groups excluding carboxylic acids is 1. The third kappa shape index (κ3) is 7.29. The van der Waals surface area contributed by atoms with Crippen molar-refractivity contribution in [3.05, 3.63) is 59.4 Å². The molecule has 1 aromatic carbocycles. The van der Waals surface area contributed by atoms with Crippen molar-refractivity contribution in [3.8, 4) is 11.8 Å². The molecule has 0 saturated heterocycles. The van der Waals surface area contributed by atoms with Gasteiger partial charge in [0.1, 0.15) is 17.6 Å². The van der Waals surface area contributed by atoms with Gasteiger partial charge in [-0.1, -0.05) is 25.3 Å². The van der Waals surface area contributed by atoms with Crippen LogP contribution in [0, 0.1) is 28.6 Å². The molecular formula is C33H43N5O2. The number of rotatable bonds is 10. The van der Waals surface area contributed by atoms with E-state index in [1.54, 1.807) is 13.3 Å². The molecule has 0 unspecified atom stereocenters. The molecule has 2 N–H and O–H groups in total. The number of hydrogen-bond donors (Lipinski definition) is 2. The number of benzene rings is 1. The third-order valence-corrected chi connectivity index (χ3v) is 8.41. The summed E-state index contributed by atoms with van der Waals surface area (Å²) >= 11 is 0. The summed E-state index contributed by atoms with van der Waals surface area (Å²) in [5.74, 6) is 2.35. The van der Waals surface area contributed by atoms with E-state index >= 15 is 0 Å². The summed E-state index contributed by atoms with van der Waals surface area (Å²) in [6, 6.07) is 12.3. The van der Waals surface area contributed by atoms with Gasteiger partial charge in [-0.25, -0.2) is 4.98 Å². The zero-order valence-electron chi connectivity index (χ0n) is 24.2. The first-order chi connectivity index (χ1) is 19.4. The quantitative estimate of drug-likeness (QED) is 0.321. The maximum absolute atomic E-state index is 13.9. The molecule has 1 amide bonds. The number of ether oxygens (including phenoxy) is 1. The summed E-state index contributed by atoms with van der Waals surface area (Å²) in [6.45, 7) is 4.79. The van der Waals surface area contributed by atoms with E-state index < -0.39 is 0 Å². The largest absolute Gasteiger partial charge is 0.495 e. The number of nitriles is 1. The number of pyridine rings is 1. The molecule has 1 heterocycles. The Bertz CT molecular complexity index is 1230. The predicted molar refractivity (Wildman–Crippen MR) is 161 cm³/mol. The Balaban J connectivity index is 1.52. The number of hydrogen-bond acceptors (Lipinski definition) is 6. The Labute approximate surface area is 239 Å². The number of carbonyl (C=O) groups is 1. The summed E-state index contributed by atoms with van der Waals surface area (Å²) in [4.78, 5) is 20.5. The highest BCUT2D eigenvalue weighted by atomic mass is 16.5. The molecule has 2 aliphatic carbocycles. The van der Waals surface area contributed by atoms with Gasteiger partial charge in [0.15, 0.2) is 0 Å². The minimum atomic E-state index is 0.0552. The Morgan fingerprint density at radius 3 is 2.55 bits per heavy atom. The highest BCUT2D eigenvalue weighted by molar-refractivity contribution is 6.08. The van der Waals surface area contributed by atoms with Crippen molar-refractivity contribution in [1.29, 1.82) is 10.7 Å². The molecule has 4 rings (SSSR count). The molecule has 0 aliphatic heterocycles. The second-order valence-corrected chi connectivity index (χ2v) is 11.5. The Morgan fingerprint density at radius 1 is 1.15 bits per heavy atom. The van der Waals surface area contributed by atoms with Crippen molar-refractivity contribution in [2.24, 2.45) is 11.8 Å². The van der Waals surface area contributed by atoms with Crippen LogP contribution in [0.5, 0.6) is 5.75 Å². The number of nitrogens with one attached hydrogen (secondary N) is 2. The van der Waals surface area contributed by atoms with Crippen LogP contribution in [0.1, 0.15) is 94.2 Å². The van der Waals surface area contributed by atoms with Crippen LogP contribution in [-0.2, 0) is 4.79 Å². The smallest absolute Gasteiger partial charge is 0.231 e. The standard InChI is InChI=1S/C33H43N5O2/c1-23(2)37-21-30(20-35)28-15-16-36-32(18-28)38(33(39)26-7-5-4-6-8-26)22-24-9-11-25(12-10-24)27-13-14-31(40-3)29(17-27)19-34/h13-18,20-21,23-26,35,37H,4-12,22H2,1-3H3/b30-21+,35-20?. The van der Waals surface area contributed by atoms with Crippen LogP contribution in [0.3, 0.4) is 0 Å². The topological polar surface area (TPSA) is 102 Å². The van der Waals surface area contributed by atoms with E-state index in [4.69, 9.17) is 10.1 Å². The van der Waals surface area contributed by atoms with Crippen LogP contribution >= 0.6 is 0 Å². The Morgan fingerprint density at radius 2 is 1.90 bits per heavy atom. The number of methoxy groups -OCH3 is 1. The molecule has 1 aromatic heterocycles. The van der Waals surface area contributed by atoms with Crippen molar-refractivity contribution in [1.82, 2.24) is 10.3 Å². The second-order valence-electron chi connectivity index (χ2n) is 11.5. The lowest BCUT2D eigenvalue weighted by Gasteiger charge is -2.35. The van der Waals surface area contributed by atoms with Gasteiger partial charge in [0.25, 0.3) is 0 Å². The molecule has 0 bridgehead atoms. The predicted octanol–water partition coefficient (Wildman–Crippen LogP) is 6.84. The summed E-state index contributed by atoms with van der Waals surface area (Å²) in [7, 11) is 1.59. The summed E-state index contributed by atoms with van der Waals surface area (Å²) in [5, 5.41) is 20.7. The van der Waals surface area contributed by atoms with Crippen LogP contribution in [0.2, 0.25) is 0 Å². The van der Waals surface area contributed by atoms with Crippen LogP contribution in [0.4, 0.5) is 5.82 Å². The van der Waals surface area contributed by atoms with Gasteiger partial charge < -0.3 is 15.5 Å². The van der Waals surface area contributed by atoms with Crippen molar-refractivity contribution in [2.45, 2.75) is 83.6 Å². The molecule has 7 nitrogen and oxygen atoms in total. The van der Waals surface area contributed by atoms with Gasteiger partial charge in [-0.15, -0.1) is 0 Å². The fourth-order valence-electron chi connectivity index (χ4n) is 6.08. The summed E-state index contributed by atoms with van der Waals surface area (Å²) in [6.07, 6.45) is 14.4. The number of amides is 1. The van der Waals surface area contributed by atoms with Gasteiger partial charge in [-0.05, 0) is 99.6 Å². The van der Waals surface area contributed by atoms with Crippen LogP contribution in [0.25, 0.3) is 5.57 Å². The lowest BCUT2D eigenvalue weighted by atomic mass is 9.78. The van der Waals surface area contributed by atoms with Gasteiger partial charge in [0.05, 0.1) is 12.7 Å². The van der Waals surface area contributed by atoms with E-state index in [1.165, 1.54) is 18.2 Å². The van der Waals surface area contributed by atoms with Crippen molar-refractivity contribution in [2.75, 3.05) is 18.6 Å². The molecule has 0 radical (unpaired) electrons. The molecule has 2 aromatic rings. The second kappa shape index (κ2) is 14.1. The van der Waals surface area contributed by atoms with Crippen LogP contribution in [0.15, 0.2) is 42.7 Å². The normalized spacial score (nSPS) is 20.0. The zero-order chi connectivity index (χ0) is 28.5. The van der Waals surface area contributed by atoms with Gasteiger partial charge in [-0.3, -0.25) is 9.69 Å². The zero-order valence-corrected chi connectivity index (χ0v) is 24.2. The molecule has 2 fully saturated rings. The summed E-state index contributed by atoms with van der Waals surface area (Å²) in [5.41, 5.74) is 3.42. The van der Waals surface area contributed by atoms with Crippen molar-refractivity contribution < 1.29 is 9.53 Å². The number of nitrogens with zero attached hydrogens (tertiary/aromatic N) is 3. The lowest BCUT2D eigenvalue weighted by molar-refractivity contribution is -0.123. The fourth-order valence-corrected chi connectivity index (χ4v) is 6.08. The monoisotopic (exact) mass is 541 g/mol. The highest BCUT2D eigenvalue weighted by Crippen LogP contribution is 2.38. The van der Waals surface area contributed by atoms with Crippen LogP contribution in [-0.4, -0.2) is 36.8 Å². The first-order valence-corrected chi connectivity index (χ1v) is 14.8. The minimum Gasteiger partial charge on any atom is -0.495 e. The van der Waals surface area contributed by atoms with E-state index in [9.17, 15) is 10.1 Å². The van der Waals surface area contributed by atoms with Gasteiger partial charge in [0, 0.05) is 42.7 Å². The summed E-state index contributed by atoms with van der Waals surface area (Å²) < 4.78 is 5.32. The molecule has 40 heavy (non-hydrogen) atoms. The fraction of sp³-hybridized carbons (Fsp3) is 0.515. The maximum atomic E-state index is 13.9. The average Bonchev–Trinajstić information content (AvgIpc) is 3.00. The number of allylic oxidation sites excluding steroid dienone is 1. The van der Waals surface area contributed by atoms with Gasteiger partial charge in [-0.2, -0.15) is 5.26 Å². The Kier molecular flexibility index (Phi) is 10.3. The van der Waals surface area contributed by atoms with E-state index in [2.05, 4.69) is 36.3 Å². The number of anilines is 1. The molecule has 212 valence electrons. The maximum Gasteiger partial charge on any atom is 0.231 e. The SMILES string of the molecule is COc1ccc(C2CCC(CN(C(=O)C3CCCCC3)c3cc(/C(C=N)=C/NC(C)C)ccn3)CC2)cc1C#N. The molecule has 7 heteroatoms. The Hall–Kier alpha value is -3.66.